The second-order valence-corrected chi connectivity index (χ2v) is 4.75. The molecule has 2 amide bonds. The van der Waals surface area contributed by atoms with Crippen LogP contribution < -0.4 is 10.6 Å². The number of rotatable bonds is 4. The third-order valence-corrected chi connectivity index (χ3v) is 3.20. The molecule has 0 aliphatic heterocycles. The molecule has 1 aromatic carbocycles. The van der Waals surface area contributed by atoms with Crippen LogP contribution in [0.15, 0.2) is 35.9 Å². The van der Waals surface area contributed by atoms with Crippen LogP contribution in [0.3, 0.4) is 0 Å². The van der Waals surface area contributed by atoms with Gasteiger partial charge in [-0.25, -0.2) is 9.18 Å². The Hall–Kier alpha value is -1.84. The fourth-order valence-electron chi connectivity index (χ4n) is 2.21. The number of carbonyl (C=O) groups is 1. The number of urea groups is 1. The molecule has 4 heteroatoms. The molecule has 0 aromatic heterocycles. The van der Waals surface area contributed by atoms with E-state index in [-0.39, 0.29) is 11.8 Å². The minimum absolute atomic E-state index is 0.290. The van der Waals surface area contributed by atoms with Crippen molar-refractivity contribution in [2.45, 2.75) is 32.1 Å². The number of halogens is 1. The molecule has 0 spiro atoms. The van der Waals surface area contributed by atoms with Gasteiger partial charge in [-0.2, -0.15) is 0 Å². The van der Waals surface area contributed by atoms with E-state index < -0.39 is 0 Å². The second-order valence-electron chi connectivity index (χ2n) is 4.75. The summed E-state index contributed by atoms with van der Waals surface area (Å²) in [5, 5.41) is 5.40. The molecule has 102 valence electrons. The van der Waals surface area contributed by atoms with Crippen LogP contribution >= 0.6 is 0 Å². The quantitative estimate of drug-likeness (QED) is 0.795. The van der Waals surface area contributed by atoms with E-state index in [1.165, 1.54) is 30.5 Å². The Bertz CT molecular complexity index is 471. The summed E-state index contributed by atoms with van der Waals surface area (Å²) in [5.74, 6) is -0.356. The number of nitrogens with one attached hydrogen (secondary N) is 2. The third kappa shape index (κ3) is 4.73. The highest BCUT2D eigenvalue weighted by Crippen LogP contribution is 2.19. The van der Waals surface area contributed by atoms with Gasteiger partial charge < -0.3 is 10.6 Å². The minimum atomic E-state index is -0.356. The van der Waals surface area contributed by atoms with Crippen LogP contribution in [-0.2, 0) is 0 Å². The average molecular weight is 262 g/mol. The van der Waals surface area contributed by atoms with Crippen molar-refractivity contribution in [1.29, 1.82) is 0 Å². The molecule has 0 unspecified atom stereocenters. The van der Waals surface area contributed by atoms with Crippen molar-refractivity contribution in [3.8, 4) is 0 Å². The van der Waals surface area contributed by atoms with Crippen LogP contribution in [0.4, 0.5) is 14.9 Å². The van der Waals surface area contributed by atoms with Crippen molar-refractivity contribution in [2.75, 3.05) is 11.9 Å². The van der Waals surface area contributed by atoms with E-state index >= 15 is 0 Å². The van der Waals surface area contributed by atoms with Crippen molar-refractivity contribution < 1.29 is 9.18 Å². The number of amides is 2. The molecule has 0 radical (unpaired) electrons. The molecule has 19 heavy (non-hydrogen) atoms. The Morgan fingerprint density at radius 2 is 2.21 bits per heavy atom. The fourth-order valence-corrected chi connectivity index (χ4v) is 2.21. The molecular weight excluding hydrogens is 243 g/mol. The van der Waals surface area contributed by atoms with E-state index in [2.05, 4.69) is 16.7 Å². The van der Waals surface area contributed by atoms with E-state index in [4.69, 9.17) is 0 Å². The van der Waals surface area contributed by atoms with Gasteiger partial charge in [0.1, 0.15) is 5.82 Å². The molecule has 1 aliphatic rings. The predicted octanol–water partition coefficient (Wildman–Crippen LogP) is 3.84. The molecule has 0 saturated heterocycles. The standard InChI is InChI=1S/C15H19FN2O/c16-13-7-4-8-14(11-13)18-15(19)17-10-9-12-5-2-1-3-6-12/h4-5,7-8,11H,1-3,6,9-10H2,(H2,17,18,19). The van der Waals surface area contributed by atoms with E-state index in [0.717, 1.165) is 19.3 Å². The lowest BCUT2D eigenvalue weighted by atomic mass is 9.97. The summed E-state index contributed by atoms with van der Waals surface area (Å²) in [7, 11) is 0. The minimum Gasteiger partial charge on any atom is -0.338 e. The van der Waals surface area contributed by atoms with Gasteiger partial charge in [0.25, 0.3) is 0 Å². The Morgan fingerprint density at radius 3 is 2.95 bits per heavy atom. The molecule has 2 rings (SSSR count). The first-order valence-corrected chi connectivity index (χ1v) is 6.72. The van der Waals surface area contributed by atoms with Gasteiger partial charge >= 0.3 is 6.03 Å². The highest BCUT2D eigenvalue weighted by molar-refractivity contribution is 5.89. The smallest absolute Gasteiger partial charge is 0.319 e. The van der Waals surface area contributed by atoms with Crippen molar-refractivity contribution in [3.05, 3.63) is 41.7 Å². The number of carbonyl (C=O) groups excluding carboxylic acids is 1. The zero-order valence-corrected chi connectivity index (χ0v) is 10.9. The monoisotopic (exact) mass is 262 g/mol. The lowest BCUT2D eigenvalue weighted by molar-refractivity contribution is 0.252. The van der Waals surface area contributed by atoms with Gasteiger partial charge in [0.15, 0.2) is 0 Å². The number of hydrogen-bond acceptors (Lipinski definition) is 1. The van der Waals surface area contributed by atoms with Crippen LogP contribution in [0.5, 0.6) is 0 Å². The normalized spacial score (nSPS) is 14.7. The van der Waals surface area contributed by atoms with E-state index in [9.17, 15) is 9.18 Å². The maximum absolute atomic E-state index is 12.9. The molecule has 0 fully saturated rings. The van der Waals surface area contributed by atoms with Crippen LogP contribution in [0, 0.1) is 5.82 Å². The Labute approximate surface area is 112 Å². The molecule has 2 N–H and O–H groups in total. The Balaban J connectivity index is 1.71. The van der Waals surface area contributed by atoms with Crippen molar-refractivity contribution in [1.82, 2.24) is 5.32 Å². The summed E-state index contributed by atoms with van der Waals surface area (Å²) in [6, 6.07) is 5.58. The topological polar surface area (TPSA) is 41.1 Å². The van der Waals surface area contributed by atoms with Crippen molar-refractivity contribution in [3.63, 3.8) is 0 Å². The largest absolute Gasteiger partial charge is 0.338 e. The Morgan fingerprint density at radius 1 is 1.32 bits per heavy atom. The van der Waals surface area contributed by atoms with Crippen LogP contribution in [-0.4, -0.2) is 12.6 Å². The molecule has 1 aliphatic carbocycles. The molecule has 3 nitrogen and oxygen atoms in total. The molecule has 0 atom stereocenters. The van der Waals surface area contributed by atoms with Gasteiger partial charge in [-0.15, -0.1) is 0 Å². The molecule has 0 bridgehead atoms. The fraction of sp³-hybridized carbons (Fsp3) is 0.400. The van der Waals surface area contributed by atoms with Crippen LogP contribution in [0.1, 0.15) is 32.1 Å². The first kappa shape index (κ1) is 13.6. The summed E-state index contributed by atoms with van der Waals surface area (Å²) < 4.78 is 12.9. The van der Waals surface area contributed by atoms with E-state index in [1.54, 1.807) is 12.1 Å². The van der Waals surface area contributed by atoms with Gasteiger partial charge in [-0.05, 0) is 50.3 Å². The van der Waals surface area contributed by atoms with Crippen LogP contribution in [0.25, 0.3) is 0 Å². The summed E-state index contributed by atoms with van der Waals surface area (Å²) in [5.41, 5.74) is 1.90. The second kappa shape index (κ2) is 6.92. The average Bonchev–Trinajstić information content (AvgIpc) is 2.40. The summed E-state index contributed by atoms with van der Waals surface area (Å²) >= 11 is 0. The highest BCUT2D eigenvalue weighted by Gasteiger charge is 2.05. The van der Waals surface area contributed by atoms with Gasteiger partial charge in [0, 0.05) is 12.2 Å². The van der Waals surface area contributed by atoms with Crippen LogP contribution in [0.2, 0.25) is 0 Å². The maximum Gasteiger partial charge on any atom is 0.319 e. The third-order valence-electron chi connectivity index (χ3n) is 3.20. The lowest BCUT2D eigenvalue weighted by Crippen LogP contribution is -2.29. The van der Waals surface area contributed by atoms with E-state index in [0.29, 0.717) is 12.2 Å². The summed E-state index contributed by atoms with van der Waals surface area (Å²) in [6.45, 7) is 0.618. The first-order chi connectivity index (χ1) is 9.24. The maximum atomic E-state index is 12.9. The zero-order valence-electron chi connectivity index (χ0n) is 10.9. The molecule has 0 saturated carbocycles. The molecular formula is C15H19FN2O. The summed E-state index contributed by atoms with van der Waals surface area (Å²) in [4.78, 5) is 11.6. The summed E-state index contributed by atoms with van der Waals surface area (Å²) in [6.07, 6.45) is 8.00. The van der Waals surface area contributed by atoms with Gasteiger partial charge in [-0.1, -0.05) is 17.7 Å². The lowest BCUT2D eigenvalue weighted by Gasteiger charge is -2.13. The Kier molecular flexibility index (Phi) is 4.95. The van der Waals surface area contributed by atoms with Gasteiger partial charge in [0.2, 0.25) is 0 Å². The van der Waals surface area contributed by atoms with Crippen molar-refractivity contribution in [2.24, 2.45) is 0 Å². The number of hydrogen-bond donors (Lipinski definition) is 2. The molecule has 0 heterocycles. The predicted molar refractivity (Wildman–Crippen MR) is 74.6 cm³/mol. The zero-order chi connectivity index (χ0) is 13.5. The SMILES string of the molecule is O=C(NCCC1=CCCCC1)Nc1cccc(F)c1. The van der Waals surface area contributed by atoms with Crippen molar-refractivity contribution >= 4 is 11.7 Å². The first-order valence-electron chi connectivity index (χ1n) is 6.72. The number of anilines is 1. The number of benzene rings is 1. The molecule has 1 aromatic rings. The van der Waals surface area contributed by atoms with Gasteiger partial charge in [0.05, 0.1) is 0 Å². The van der Waals surface area contributed by atoms with Gasteiger partial charge in [-0.3, -0.25) is 0 Å². The highest BCUT2D eigenvalue weighted by atomic mass is 19.1. The number of allylic oxidation sites excluding steroid dienone is 1. The van der Waals surface area contributed by atoms with E-state index in [1.807, 2.05) is 0 Å².